The molecule has 0 atom stereocenters. The van der Waals surface area contributed by atoms with Crippen molar-refractivity contribution >= 4 is 10.0 Å². The van der Waals surface area contributed by atoms with E-state index in [1.165, 1.54) is 16.8 Å². The monoisotopic (exact) mass is 203 g/mol. The van der Waals surface area contributed by atoms with E-state index >= 15 is 0 Å². The Morgan fingerprint density at radius 3 is 2.77 bits per heavy atom. The third-order valence-corrected chi connectivity index (χ3v) is 3.48. The SMILES string of the molecule is CCCN(C)S(=O)(=O)c1cnc[nH]1. The minimum Gasteiger partial charge on any atom is -0.335 e. The molecule has 1 N–H and O–H groups in total. The van der Waals surface area contributed by atoms with Crippen molar-refractivity contribution in [2.24, 2.45) is 0 Å². The van der Waals surface area contributed by atoms with Crippen LogP contribution in [-0.4, -0.2) is 36.3 Å². The van der Waals surface area contributed by atoms with Crippen LogP contribution in [-0.2, 0) is 10.0 Å². The summed E-state index contributed by atoms with van der Waals surface area (Å²) in [5, 5.41) is 0.142. The second-order valence-corrected chi connectivity index (χ2v) is 4.76. The van der Waals surface area contributed by atoms with Crippen LogP contribution in [0.3, 0.4) is 0 Å². The highest BCUT2D eigenvalue weighted by molar-refractivity contribution is 7.89. The third-order valence-electron chi connectivity index (χ3n) is 1.70. The average Bonchev–Trinajstić information content (AvgIpc) is 2.56. The fourth-order valence-electron chi connectivity index (χ4n) is 0.987. The van der Waals surface area contributed by atoms with Crippen molar-refractivity contribution in [2.75, 3.05) is 13.6 Å². The highest BCUT2D eigenvalue weighted by atomic mass is 32.2. The molecule has 1 aromatic heterocycles. The van der Waals surface area contributed by atoms with E-state index in [0.717, 1.165) is 6.42 Å². The minimum atomic E-state index is -3.34. The zero-order chi connectivity index (χ0) is 9.90. The first-order valence-corrected chi connectivity index (χ1v) is 5.47. The van der Waals surface area contributed by atoms with Gasteiger partial charge in [-0.05, 0) is 6.42 Å². The summed E-state index contributed by atoms with van der Waals surface area (Å²) in [5.41, 5.74) is 0. The van der Waals surface area contributed by atoms with Crippen molar-refractivity contribution in [2.45, 2.75) is 18.4 Å². The van der Waals surface area contributed by atoms with Crippen molar-refractivity contribution in [3.05, 3.63) is 12.5 Å². The van der Waals surface area contributed by atoms with Gasteiger partial charge in [-0.2, -0.15) is 4.31 Å². The lowest BCUT2D eigenvalue weighted by atomic mass is 10.5. The molecule has 6 heteroatoms. The first-order valence-electron chi connectivity index (χ1n) is 4.03. The zero-order valence-electron chi connectivity index (χ0n) is 7.69. The van der Waals surface area contributed by atoms with Crippen LogP contribution in [0.4, 0.5) is 0 Å². The van der Waals surface area contributed by atoms with Gasteiger partial charge in [-0.25, -0.2) is 13.4 Å². The van der Waals surface area contributed by atoms with Gasteiger partial charge in [-0.15, -0.1) is 0 Å². The van der Waals surface area contributed by atoms with Crippen molar-refractivity contribution < 1.29 is 8.42 Å². The summed E-state index contributed by atoms with van der Waals surface area (Å²) < 4.78 is 24.6. The van der Waals surface area contributed by atoms with Crippen molar-refractivity contribution in [3.63, 3.8) is 0 Å². The molecular weight excluding hydrogens is 190 g/mol. The predicted octanol–water partition coefficient (Wildman–Crippen LogP) is 0.440. The number of sulfonamides is 1. The number of hydrogen-bond donors (Lipinski definition) is 1. The number of nitrogens with one attached hydrogen (secondary N) is 1. The van der Waals surface area contributed by atoms with E-state index in [2.05, 4.69) is 9.97 Å². The van der Waals surface area contributed by atoms with Gasteiger partial charge in [0, 0.05) is 13.6 Å². The highest BCUT2D eigenvalue weighted by Gasteiger charge is 2.20. The summed E-state index contributed by atoms with van der Waals surface area (Å²) in [5.74, 6) is 0. The smallest absolute Gasteiger partial charge is 0.259 e. The van der Waals surface area contributed by atoms with Gasteiger partial charge in [0.2, 0.25) is 0 Å². The molecule has 0 aliphatic heterocycles. The lowest BCUT2D eigenvalue weighted by Gasteiger charge is -2.13. The van der Waals surface area contributed by atoms with Crippen LogP contribution in [0.2, 0.25) is 0 Å². The van der Waals surface area contributed by atoms with Crippen LogP contribution >= 0.6 is 0 Å². The van der Waals surface area contributed by atoms with Crippen LogP contribution in [0.15, 0.2) is 17.6 Å². The number of rotatable bonds is 4. The number of aromatic amines is 1. The van der Waals surface area contributed by atoms with Crippen LogP contribution in [0, 0.1) is 0 Å². The first kappa shape index (κ1) is 10.2. The van der Waals surface area contributed by atoms with E-state index in [9.17, 15) is 8.42 Å². The maximum Gasteiger partial charge on any atom is 0.259 e. The quantitative estimate of drug-likeness (QED) is 0.772. The van der Waals surface area contributed by atoms with Crippen molar-refractivity contribution in [3.8, 4) is 0 Å². The molecule has 0 bridgehead atoms. The fraction of sp³-hybridized carbons (Fsp3) is 0.571. The van der Waals surface area contributed by atoms with Gasteiger partial charge < -0.3 is 4.98 Å². The van der Waals surface area contributed by atoms with E-state index in [4.69, 9.17) is 0 Å². The molecule has 5 nitrogen and oxygen atoms in total. The van der Waals surface area contributed by atoms with Gasteiger partial charge in [0.25, 0.3) is 10.0 Å². The van der Waals surface area contributed by atoms with Crippen molar-refractivity contribution in [1.29, 1.82) is 0 Å². The molecule has 0 amide bonds. The zero-order valence-corrected chi connectivity index (χ0v) is 8.50. The molecule has 0 radical (unpaired) electrons. The van der Waals surface area contributed by atoms with Crippen LogP contribution in [0.25, 0.3) is 0 Å². The Morgan fingerprint density at radius 2 is 2.31 bits per heavy atom. The number of hydrogen-bond acceptors (Lipinski definition) is 3. The molecule has 0 aromatic carbocycles. The summed E-state index contributed by atoms with van der Waals surface area (Å²) in [6.07, 6.45) is 3.46. The molecule has 1 aromatic rings. The van der Waals surface area contributed by atoms with Gasteiger partial charge in [0.15, 0.2) is 5.03 Å². The Bertz CT molecular complexity index is 344. The van der Waals surface area contributed by atoms with Gasteiger partial charge >= 0.3 is 0 Å². The van der Waals surface area contributed by atoms with Crippen LogP contribution in [0.5, 0.6) is 0 Å². The standard InChI is InChI=1S/C7H13N3O2S/c1-3-4-10(2)13(11,12)7-5-8-6-9-7/h5-6H,3-4H2,1-2H3,(H,8,9). The maximum absolute atomic E-state index is 11.6. The Balaban J connectivity index is 2.90. The summed E-state index contributed by atoms with van der Waals surface area (Å²) in [7, 11) is -1.79. The van der Waals surface area contributed by atoms with Gasteiger partial charge in [0.1, 0.15) is 0 Å². The number of H-pyrrole nitrogens is 1. The van der Waals surface area contributed by atoms with E-state index < -0.39 is 10.0 Å². The van der Waals surface area contributed by atoms with E-state index in [-0.39, 0.29) is 5.03 Å². The highest BCUT2D eigenvalue weighted by Crippen LogP contribution is 2.09. The molecular formula is C7H13N3O2S. The van der Waals surface area contributed by atoms with Gasteiger partial charge in [-0.3, -0.25) is 0 Å². The normalized spacial score (nSPS) is 12.2. The lowest BCUT2D eigenvalue weighted by molar-refractivity contribution is 0.466. The summed E-state index contributed by atoms with van der Waals surface area (Å²) >= 11 is 0. The molecule has 1 heterocycles. The van der Waals surface area contributed by atoms with E-state index in [1.807, 2.05) is 6.92 Å². The molecule has 0 aliphatic rings. The molecule has 1 rings (SSSR count). The fourth-order valence-corrected chi connectivity index (χ4v) is 2.14. The number of imidazole rings is 1. The van der Waals surface area contributed by atoms with Crippen LogP contribution in [0.1, 0.15) is 13.3 Å². The largest absolute Gasteiger partial charge is 0.335 e. The topological polar surface area (TPSA) is 66.1 Å². The average molecular weight is 203 g/mol. The first-order chi connectivity index (χ1) is 6.09. The molecule has 74 valence electrons. The number of nitrogens with zero attached hydrogens (tertiary/aromatic N) is 2. The van der Waals surface area contributed by atoms with E-state index in [1.54, 1.807) is 7.05 Å². The van der Waals surface area contributed by atoms with E-state index in [0.29, 0.717) is 6.54 Å². The minimum absolute atomic E-state index is 0.142. The van der Waals surface area contributed by atoms with Gasteiger partial charge in [-0.1, -0.05) is 6.92 Å². The maximum atomic E-state index is 11.6. The Morgan fingerprint density at radius 1 is 1.62 bits per heavy atom. The van der Waals surface area contributed by atoms with Crippen LogP contribution < -0.4 is 0 Å². The van der Waals surface area contributed by atoms with Gasteiger partial charge in [0.05, 0.1) is 12.5 Å². The molecule has 0 fully saturated rings. The second kappa shape index (κ2) is 3.89. The summed E-state index contributed by atoms with van der Waals surface area (Å²) in [6.45, 7) is 2.44. The summed E-state index contributed by atoms with van der Waals surface area (Å²) in [4.78, 5) is 6.25. The number of aromatic nitrogens is 2. The molecule has 0 spiro atoms. The molecule has 0 saturated carbocycles. The second-order valence-electron chi connectivity index (χ2n) is 2.74. The molecule has 0 unspecified atom stereocenters. The van der Waals surface area contributed by atoms with Crippen molar-refractivity contribution in [1.82, 2.24) is 14.3 Å². The molecule has 0 saturated heterocycles. The molecule has 0 aliphatic carbocycles. The Labute approximate surface area is 77.8 Å². The lowest BCUT2D eigenvalue weighted by Crippen LogP contribution is -2.27. The third kappa shape index (κ3) is 2.07. The Hall–Kier alpha value is -0.880. The predicted molar refractivity (Wildman–Crippen MR) is 48.7 cm³/mol. The Kier molecular flexibility index (Phi) is 3.05. The molecule has 13 heavy (non-hydrogen) atoms. The summed E-state index contributed by atoms with van der Waals surface area (Å²) in [6, 6.07) is 0.